The molecule has 0 amide bonds. The van der Waals surface area contributed by atoms with Crippen LogP contribution in [0, 0.1) is 11.3 Å². The molecule has 2 rings (SSSR count). The van der Waals surface area contributed by atoms with Gasteiger partial charge in [0.25, 0.3) is 0 Å². The zero-order valence-corrected chi connectivity index (χ0v) is 10.5. The molecular formula is C11H9N5O2S. The lowest BCUT2D eigenvalue weighted by Crippen LogP contribution is -2.24. The van der Waals surface area contributed by atoms with E-state index in [0.717, 1.165) is 0 Å². The first-order valence-corrected chi connectivity index (χ1v) is 6.73. The van der Waals surface area contributed by atoms with Gasteiger partial charge in [-0.1, -0.05) is 0 Å². The summed E-state index contributed by atoms with van der Waals surface area (Å²) in [5, 5.41) is 16.2. The van der Waals surface area contributed by atoms with E-state index in [4.69, 9.17) is 5.26 Å². The Hall–Kier alpha value is -2.37. The van der Waals surface area contributed by atoms with E-state index in [9.17, 15) is 8.42 Å². The Kier molecular flexibility index (Phi) is 3.79. The maximum Gasteiger partial charge on any atom is 0.243 e. The van der Waals surface area contributed by atoms with Crippen molar-refractivity contribution in [1.29, 1.82) is 5.26 Å². The van der Waals surface area contributed by atoms with Gasteiger partial charge < -0.3 is 0 Å². The lowest BCUT2D eigenvalue weighted by Gasteiger charge is -2.06. The Morgan fingerprint density at radius 3 is 2.74 bits per heavy atom. The minimum absolute atomic E-state index is 0.00403. The van der Waals surface area contributed by atoms with Crippen molar-refractivity contribution in [3.63, 3.8) is 0 Å². The van der Waals surface area contributed by atoms with Crippen LogP contribution in [0.5, 0.6) is 0 Å². The molecule has 0 aliphatic rings. The van der Waals surface area contributed by atoms with Crippen molar-refractivity contribution < 1.29 is 8.42 Å². The molecule has 0 spiro atoms. The Morgan fingerprint density at radius 2 is 2.05 bits per heavy atom. The third kappa shape index (κ3) is 3.09. The summed E-state index contributed by atoms with van der Waals surface area (Å²) in [6.07, 6.45) is 2.85. The average Bonchev–Trinajstić information content (AvgIpc) is 2.46. The van der Waals surface area contributed by atoms with E-state index in [1.54, 1.807) is 18.2 Å². The zero-order valence-electron chi connectivity index (χ0n) is 9.68. The smallest absolute Gasteiger partial charge is 0.243 e. The summed E-state index contributed by atoms with van der Waals surface area (Å²) in [4.78, 5) is 3.56. The molecule has 0 saturated carbocycles. The molecule has 0 aliphatic heterocycles. The summed E-state index contributed by atoms with van der Waals surface area (Å²) in [5.74, 6) is 0. The molecule has 1 N–H and O–H groups in total. The molecule has 8 heteroatoms. The molecule has 0 fully saturated rings. The number of pyridine rings is 1. The van der Waals surface area contributed by atoms with E-state index < -0.39 is 10.0 Å². The first-order chi connectivity index (χ1) is 9.13. The Balaban J connectivity index is 2.22. The SMILES string of the molecule is N#Cc1ncccc1S(=O)(=O)NCc1cccnn1. The Morgan fingerprint density at radius 1 is 1.26 bits per heavy atom. The Bertz CT molecular complexity index is 709. The van der Waals surface area contributed by atoms with Crippen LogP contribution in [-0.4, -0.2) is 23.6 Å². The second kappa shape index (κ2) is 5.51. The first kappa shape index (κ1) is 13.1. The van der Waals surface area contributed by atoms with Gasteiger partial charge in [-0.3, -0.25) is 0 Å². The maximum atomic E-state index is 12.0. The van der Waals surface area contributed by atoms with E-state index in [1.807, 2.05) is 0 Å². The van der Waals surface area contributed by atoms with Crippen molar-refractivity contribution in [3.8, 4) is 6.07 Å². The molecule has 96 valence electrons. The Labute approximate surface area is 110 Å². The minimum Gasteiger partial charge on any atom is -0.244 e. The van der Waals surface area contributed by atoms with Gasteiger partial charge in [-0.15, -0.1) is 0 Å². The van der Waals surface area contributed by atoms with Crippen LogP contribution >= 0.6 is 0 Å². The molecule has 2 aromatic rings. The number of nitriles is 1. The van der Waals surface area contributed by atoms with Crippen molar-refractivity contribution in [2.75, 3.05) is 0 Å². The van der Waals surface area contributed by atoms with E-state index in [1.165, 1.54) is 24.5 Å². The molecule has 0 bridgehead atoms. The second-order valence-electron chi connectivity index (χ2n) is 3.50. The third-order valence-electron chi connectivity index (χ3n) is 2.24. The fourth-order valence-electron chi connectivity index (χ4n) is 1.37. The molecule has 0 saturated heterocycles. The van der Waals surface area contributed by atoms with Crippen LogP contribution in [0.2, 0.25) is 0 Å². The van der Waals surface area contributed by atoms with Crippen LogP contribution < -0.4 is 4.72 Å². The largest absolute Gasteiger partial charge is 0.244 e. The first-order valence-electron chi connectivity index (χ1n) is 5.25. The van der Waals surface area contributed by atoms with Crippen LogP contribution in [0.4, 0.5) is 0 Å². The molecule has 19 heavy (non-hydrogen) atoms. The van der Waals surface area contributed by atoms with Crippen LogP contribution in [-0.2, 0) is 16.6 Å². The highest BCUT2D eigenvalue weighted by Gasteiger charge is 2.18. The van der Waals surface area contributed by atoms with E-state index in [2.05, 4.69) is 19.9 Å². The maximum absolute atomic E-state index is 12.0. The van der Waals surface area contributed by atoms with Crippen molar-refractivity contribution in [1.82, 2.24) is 19.9 Å². The predicted octanol–water partition coefficient (Wildman–Crippen LogP) is 0.222. The predicted molar refractivity (Wildman–Crippen MR) is 65.0 cm³/mol. The standard InChI is InChI=1S/C11H9N5O2S/c12-7-10-11(4-2-5-13-10)19(17,18)15-8-9-3-1-6-14-16-9/h1-6,15H,8H2. The molecule has 0 atom stereocenters. The highest BCUT2D eigenvalue weighted by atomic mass is 32.2. The summed E-state index contributed by atoms with van der Waals surface area (Å²) >= 11 is 0. The fourth-order valence-corrected chi connectivity index (χ4v) is 2.47. The van der Waals surface area contributed by atoms with Crippen LogP contribution in [0.15, 0.2) is 41.6 Å². The number of hydrogen-bond acceptors (Lipinski definition) is 6. The van der Waals surface area contributed by atoms with Gasteiger partial charge in [0.15, 0.2) is 5.69 Å². The summed E-state index contributed by atoms with van der Waals surface area (Å²) < 4.78 is 26.4. The lowest BCUT2D eigenvalue weighted by atomic mass is 10.4. The van der Waals surface area contributed by atoms with Crippen LogP contribution in [0.25, 0.3) is 0 Å². The van der Waals surface area contributed by atoms with Gasteiger partial charge in [0.2, 0.25) is 10.0 Å². The zero-order chi connectivity index (χ0) is 13.7. The highest BCUT2D eigenvalue weighted by Crippen LogP contribution is 2.11. The van der Waals surface area contributed by atoms with Gasteiger partial charge in [-0.2, -0.15) is 15.5 Å². The number of nitrogens with one attached hydrogen (secondary N) is 1. The third-order valence-corrected chi connectivity index (χ3v) is 3.67. The fraction of sp³-hybridized carbons (Fsp3) is 0.0909. The van der Waals surface area contributed by atoms with Gasteiger partial charge in [-0.05, 0) is 24.3 Å². The quantitative estimate of drug-likeness (QED) is 0.855. The summed E-state index contributed by atoms with van der Waals surface area (Å²) in [6, 6.07) is 7.82. The molecule has 0 radical (unpaired) electrons. The van der Waals surface area contributed by atoms with Gasteiger partial charge in [0.05, 0.1) is 12.2 Å². The average molecular weight is 275 g/mol. The van der Waals surface area contributed by atoms with Crippen molar-refractivity contribution in [3.05, 3.63) is 48.0 Å². The lowest BCUT2D eigenvalue weighted by molar-refractivity contribution is 0.579. The number of sulfonamides is 1. The summed E-state index contributed by atoms with van der Waals surface area (Å²) in [7, 11) is -3.80. The summed E-state index contributed by atoms with van der Waals surface area (Å²) in [5.41, 5.74) is 0.336. The molecule has 2 heterocycles. The van der Waals surface area contributed by atoms with Crippen LogP contribution in [0.1, 0.15) is 11.4 Å². The monoisotopic (exact) mass is 275 g/mol. The second-order valence-corrected chi connectivity index (χ2v) is 5.24. The van der Waals surface area contributed by atoms with Crippen molar-refractivity contribution in [2.24, 2.45) is 0 Å². The minimum atomic E-state index is -3.80. The van der Waals surface area contributed by atoms with E-state index in [-0.39, 0.29) is 17.1 Å². The van der Waals surface area contributed by atoms with Crippen molar-refractivity contribution in [2.45, 2.75) is 11.4 Å². The van der Waals surface area contributed by atoms with Gasteiger partial charge >= 0.3 is 0 Å². The van der Waals surface area contributed by atoms with Crippen LogP contribution in [0.3, 0.4) is 0 Å². The van der Waals surface area contributed by atoms with E-state index >= 15 is 0 Å². The molecule has 2 aromatic heterocycles. The number of rotatable bonds is 4. The normalized spacial score (nSPS) is 10.9. The molecule has 0 unspecified atom stereocenters. The van der Waals surface area contributed by atoms with E-state index in [0.29, 0.717) is 5.69 Å². The summed E-state index contributed by atoms with van der Waals surface area (Å²) in [6.45, 7) is -0.00403. The number of hydrogen-bond donors (Lipinski definition) is 1. The van der Waals surface area contributed by atoms with Gasteiger partial charge in [0.1, 0.15) is 11.0 Å². The molecule has 0 aromatic carbocycles. The molecule has 0 aliphatic carbocycles. The number of nitrogens with zero attached hydrogens (tertiary/aromatic N) is 4. The van der Waals surface area contributed by atoms with Gasteiger partial charge in [-0.25, -0.2) is 18.1 Å². The number of aromatic nitrogens is 3. The molecule has 7 nitrogen and oxygen atoms in total. The highest BCUT2D eigenvalue weighted by molar-refractivity contribution is 7.89. The van der Waals surface area contributed by atoms with Crippen molar-refractivity contribution >= 4 is 10.0 Å². The van der Waals surface area contributed by atoms with Gasteiger partial charge in [0, 0.05) is 12.4 Å². The topological polar surface area (TPSA) is 109 Å². The molecular weight excluding hydrogens is 266 g/mol.